The van der Waals surface area contributed by atoms with Crippen molar-refractivity contribution in [3.8, 4) is 0 Å². The van der Waals surface area contributed by atoms with Crippen molar-refractivity contribution >= 4 is 0 Å². The van der Waals surface area contributed by atoms with Crippen molar-refractivity contribution in [2.75, 3.05) is 27.2 Å². The van der Waals surface area contributed by atoms with Crippen LogP contribution in [0.3, 0.4) is 0 Å². The van der Waals surface area contributed by atoms with Gasteiger partial charge in [-0.3, -0.25) is 0 Å². The van der Waals surface area contributed by atoms with Gasteiger partial charge in [0.25, 0.3) is 0 Å². The Bertz CT molecular complexity index is 45.8. The van der Waals surface area contributed by atoms with Crippen molar-refractivity contribution in [2.24, 2.45) is 0 Å². The summed E-state index contributed by atoms with van der Waals surface area (Å²) >= 11 is 0. The molecule has 2 heteroatoms. The lowest BCUT2D eigenvalue weighted by Crippen LogP contribution is -2.17. The zero-order valence-corrected chi connectivity index (χ0v) is 5.85. The molecule has 0 amide bonds. The minimum atomic E-state index is 0.795. The standard InChI is InChI=1S/C6H14NO/c1-4-8-6-5-7(2)3/h4H,5-6H2,1-3H3. The molecule has 0 aliphatic carbocycles. The number of rotatable bonds is 4. The van der Waals surface area contributed by atoms with Crippen LogP contribution in [-0.4, -0.2) is 32.1 Å². The summed E-state index contributed by atoms with van der Waals surface area (Å²) in [5.74, 6) is 0. The summed E-state index contributed by atoms with van der Waals surface area (Å²) in [4.78, 5) is 2.09. The highest BCUT2D eigenvalue weighted by atomic mass is 16.5. The SMILES string of the molecule is C[CH]OCCN(C)C. The molecule has 0 aliphatic rings. The van der Waals surface area contributed by atoms with Crippen LogP contribution >= 0.6 is 0 Å². The van der Waals surface area contributed by atoms with Crippen molar-refractivity contribution in [3.63, 3.8) is 0 Å². The van der Waals surface area contributed by atoms with Crippen LogP contribution in [0.5, 0.6) is 0 Å². The molecule has 49 valence electrons. The third-order valence-electron chi connectivity index (χ3n) is 0.823. The van der Waals surface area contributed by atoms with Crippen LogP contribution < -0.4 is 0 Å². The highest BCUT2D eigenvalue weighted by Gasteiger charge is 1.86. The minimum absolute atomic E-state index is 0.795. The van der Waals surface area contributed by atoms with Crippen LogP contribution in [0.15, 0.2) is 0 Å². The van der Waals surface area contributed by atoms with E-state index >= 15 is 0 Å². The van der Waals surface area contributed by atoms with Crippen LogP contribution in [-0.2, 0) is 4.74 Å². The summed E-state index contributed by atoms with van der Waals surface area (Å²) in [6.45, 7) is 5.38. The molecule has 0 fully saturated rings. The average molecular weight is 116 g/mol. The predicted molar refractivity (Wildman–Crippen MR) is 34.5 cm³/mol. The molecule has 8 heavy (non-hydrogen) atoms. The number of ether oxygens (including phenoxy) is 1. The molecule has 0 aliphatic heterocycles. The molecule has 0 rings (SSSR count). The van der Waals surface area contributed by atoms with Crippen LogP contribution in [0, 0.1) is 6.61 Å². The van der Waals surface area contributed by atoms with Gasteiger partial charge in [-0.25, -0.2) is 0 Å². The fraction of sp³-hybridized carbons (Fsp3) is 0.833. The molecule has 0 aromatic rings. The van der Waals surface area contributed by atoms with Crippen LogP contribution in [0.25, 0.3) is 0 Å². The normalized spacial score (nSPS) is 10.5. The number of hydrogen-bond donors (Lipinski definition) is 0. The highest BCUT2D eigenvalue weighted by Crippen LogP contribution is 1.79. The van der Waals surface area contributed by atoms with Gasteiger partial charge in [-0.15, -0.1) is 0 Å². The molecular formula is C6H14NO. The first-order valence-corrected chi connectivity index (χ1v) is 2.81. The van der Waals surface area contributed by atoms with Crippen molar-refractivity contribution < 1.29 is 4.74 Å². The number of likely N-dealkylation sites (N-methyl/N-ethyl adjacent to an activating group) is 1. The maximum Gasteiger partial charge on any atom is 0.0806 e. The summed E-state index contributed by atoms with van der Waals surface area (Å²) in [5, 5.41) is 0. The zero-order valence-electron chi connectivity index (χ0n) is 5.85. The number of hydrogen-bond acceptors (Lipinski definition) is 2. The van der Waals surface area contributed by atoms with Crippen molar-refractivity contribution in [1.29, 1.82) is 0 Å². The Kier molecular flexibility index (Phi) is 5.01. The largest absolute Gasteiger partial charge is 0.374 e. The lowest BCUT2D eigenvalue weighted by Gasteiger charge is -2.07. The summed E-state index contributed by atoms with van der Waals surface area (Å²) in [7, 11) is 4.05. The Labute approximate surface area is 51.4 Å². The highest BCUT2D eigenvalue weighted by molar-refractivity contribution is 4.41. The molecule has 0 unspecified atom stereocenters. The molecule has 2 nitrogen and oxygen atoms in total. The first kappa shape index (κ1) is 7.92. The molecule has 0 bridgehead atoms. The fourth-order valence-electron chi connectivity index (χ4n) is 0.353. The van der Waals surface area contributed by atoms with Gasteiger partial charge in [0.2, 0.25) is 0 Å². The maximum absolute atomic E-state index is 4.98. The molecule has 0 aromatic heterocycles. The topological polar surface area (TPSA) is 12.5 Å². The second-order valence-corrected chi connectivity index (χ2v) is 1.91. The third-order valence-corrected chi connectivity index (χ3v) is 0.823. The first-order chi connectivity index (χ1) is 3.77. The average Bonchev–Trinajstić information content (AvgIpc) is 1.66. The Morgan fingerprint density at radius 1 is 1.50 bits per heavy atom. The van der Waals surface area contributed by atoms with Gasteiger partial charge in [-0.2, -0.15) is 0 Å². The van der Waals surface area contributed by atoms with Gasteiger partial charge in [-0.1, -0.05) is 0 Å². The van der Waals surface area contributed by atoms with E-state index in [1.165, 1.54) is 0 Å². The van der Waals surface area contributed by atoms with Crippen molar-refractivity contribution in [1.82, 2.24) is 4.90 Å². The van der Waals surface area contributed by atoms with Gasteiger partial charge in [-0.05, 0) is 21.0 Å². The smallest absolute Gasteiger partial charge is 0.0806 e. The van der Waals surface area contributed by atoms with Crippen molar-refractivity contribution in [2.45, 2.75) is 6.92 Å². The van der Waals surface area contributed by atoms with E-state index in [1.807, 2.05) is 21.0 Å². The molecule has 0 saturated heterocycles. The monoisotopic (exact) mass is 116 g/mol. The molecule has 0 spiro atoms. The van der Waals surface area contributed by atoms with Gasteiger partial charge in [0.05, 0.1) is 13.2 Å². The van der Waals surface area contributed by atoms with E-state index in [0.29, 0.717) is 0 Å². The van der Waals surface area contributed by atoms with Gasteiger partial charge in [0.15, 0.2) is 0 Å². The van der Waals surface area contributed by atoms with Gasteiger partial charge >= 0.3 is 0 Å². The van der Waals surface area contributed by atoms with E-state index in [0.717, 1.165) is 13.2 Å². The number of nitrogens with zero attached hydrogens (tertiary/aromatic N) is 1. The molecular weight excluding hydrogens is 102 g/mol. The fourth-order valence-corrected chi connectivity index (χ4v) is 0.353. The lowest BCUT2D eigenvalue weighted by atomic mass is 10.6. The lowest BCUT2D eigenvalue weighted by molar-refractivity contribution is 0.177. The van der Waals surface area contributed by atoms with Gasteiger partial charge in [0, 0.05) is 6.54 Å². The quantitative estimate of drug-likeness (QED) is 0.502. The second kappa shape index (κ2) is 5.06. The second-order valence-electron chi connectivity index (χ2n) is 1.91. The van der Waals surface area contributed by atoms with Crippen molar-refractivity contribution in [3.05, 3.63) is 6.61 Å². The summed E-state index contributed by atoms with van der Waals surface area (Å²) in [6, 6.07) is 0. The van der Waals surface area contributed by atoms with Crippen LogP contribution in [0.2, 0.25) is 0 Å². The van der Waals surface area contributed by atoms with Crippen LogP contribution in [0.4, 0.5) is 0 Å². The first-order valence-electron chi connectivity index (χ1n) is 2.81. The Hall–Kier alpha value is -0.0800. The van der Waals surface area contributed by atoms with Gasteiger partial charge < -0.3 is 9.64 Å². The van der Waals surface area contributed by atoms with E-state index in [2.05, 4.69) is 4.90 Å². The third kappa shape index (κ3) is 5.92. The summed E-state index contributed by atoms with van der Waals surface area (Å²) < 4.78 is 4.98. The Morgan fingerprint density at radius 2 is 2.12 bits per heavy atom. The van der Waals surface area contributed by atoms with E-state index in [-0.39, 0.29) is 0 Å². The van der Waals surface area contributed by atoms with E-state index in [4.69, 9.17) is 4.74 Å². The van der Waals surface area contributed by atoms with Gasteiger partial charge in [0.1, 0.15) is 0 Å². The van der Waals surface area contributed by atoms with E-state index < -0.39 is 0 Å². The predicted octanol–water partition coefficient (Wildman–Crippen LogP) is 0.746. The molecule has 1 radical (unpaired) electrons. The van der Waals surface area contributed by atoms with Crippen LogP contribution in [0.1, 0.15) is 6.92 Å². The Morgan fingerprint density at radius 3 is 2.50 bits per heavy atom. The molecule has 0 N–H and O–H groups in total. The minimum Gasteiger partial charge on any atom is -0.374 e. The summed E-state index contributed by atoms with van der Waals surface area (Å²) in [5.41, 5.74) is 0. The summed E-state index contributed by atoms with van der Waals surface area (Å²) in [6.07, 6.45) is 0. The Balaban J connectivity index is 2.72. The molecule has 0 atom stereocenters. The zero-order chi connectivity index (χ0) is 6.41. The molecule has 0 aromatic carbocycles. The van der Waals surface area contributed by atoms with E-state index in [1.54, 1.807) is 6.61 Å². The maximum atomic E-state index is 4.98. The molecule has 0 saturated carbocycles. The molecule has 0 heterocycles. The van der Waals surface area contributed by atoms with E-state index in [9.17, 15) is 0 Å².